The van der Waals surface area contributed by atoms with Crippen molar-refractivity contribution in [3.05, 3.63) is 54.0 Å². The Bertz CT molecular complexity index is 519. The molecular weight excluding hydrogens is 260 g/mol. The van der Waals surface area contributed by atoms with Crippen molar-refractivity contribution in [1.82, 2.24) is 5.32 Å². The van der Waals surface area contributed by atoms with Crippen molar-refractivity contribution in [2.45, 2.75) is 33.9 Å². The van der Waals surface area contributed by atoms with E-state index in [-0.39, 0.29) is 0 Å². The molecule has 0 amide bonds. The van der Waals surface area contributed by atoms with E-state index in [1.54, 1.807) is 0 Å². The number of furan rings is 1. The minimum atomic E-state index is 0.671. The molecule has 1 N–H and O–H groups in total. The first-order chi connectivity index (χ1) is 10.2. The Balaban J connectivity index is 1.91. The zero-order valence-electron chi connectivity index (χ0n) is 13.3. The van der Waals surface area contributed by atoms with E-state index in [1.165, 1.54) is 11.3 Å². The molecule has 0 radical (unpaired) electrons. The summed E-state index contributed by atoms with van der Waals surface area (Å²) >= 11 is 0. The molecule has 0 aliphatic carbocycles. The lowest BCUT2D eigenvalue weighted by Gasteiger charge is -2.21. The lowest BCUT2D eigenvalue weighted by molar-refractivity contribution is 0.498. The fourth-order valence-electron chi connectivity index (χ4n) is 2.32. The van der Waals surface area contributed by atoms with Gasteiger partial charge in [0.25, 0.3) is 0 Å². The molecule has 0 unspecified atom stereocenters. The summed E-state index contributed by atoms with van der Waals surface area (Å²) in [6.45, 7) is 10.3. The van der Waals surface area contributed by atoms with Crippen LogP contribution < -0.4 is 10.2 Å². The van der Waals surface area contributed by atoms with Gasteiger partial charge in [-0.2, -0.15) is 0 Å². The van der Waals surface area contributed by atoms with Gasteiger partial charge in [-0.3, -0.25) is 0 Å². The Morgan fingerprint density at radius 3 is 2.62 bits per heavy atom. The summed E-state index contributed by atoms with van der Waals surface area (Å²) in [4.78, 5) is 2.31. The van der Waals surface area contributed by atoms with Crippen LogP contribution in [0.15, 0.2) is 47.1 Å². The summed E-state index contributed by atoms with van der Waals surface area (Å²) < 4.78 is 5.69. The molecule has 3 nitrogen and oxygen atoms in total. The molecule has 1 aromatic carbocycles. The van der Waals surface area contributed by atoms with E-state index in [9.17, 15) is 0 Å². The van der Waals surface area contributed by atoms with Crippen molar-refractivity contribution in [2.75, 3.05) is 18.0 Å². The molecule has 0 spiro atoms. The Kier molecular flexibility index (Phi) is 5.88. The van der Waals surface area contributed by atoms with Gasteiger partial charge in [-0.05, 0) is 37.6 Å². The lowest BCUT2D eigenvalue weighted by atomic mass is 10.2. The van der Waals surface area contributed by atoms with E-state index in [1.807, 2.05) is 12.3 Å². The highest BCUT2D eigenvalue weighted by atomic mass is 16.3. The van der Waals surface area contributed by atoms with Crippen LogP contribution in [0.25, 0.3) is 0 Å². The van der Waals surface area contributed by atoms with Gasteiger partial charge in [-0.15, -0.1) is 0 Å². The van der Waals surface area contributed by atoms with Gasteiger partial charge in [-0.25, -0.2) is 0 Å². The van der Waals surface area contributed by atoms with E-state index in [0.717, 1.165) is 31.9 Å². The van der Waals surface area contributed by atoms with Crippen molar-refractivity contribution in [3.8, 4) is 0 Å². The number of benzene rings is 1. The summed E-state index contributed by atoms with van der Waals surface area (Å²) in [6.07, 6.45) is 1.86. The molecule has 0 atom stereocenters. The maximum absolute atomic E-state index is 5.69. The second kappa shape index (κ2) is 7.89. The number of para-hydroxylation sites is 1. The standard InChI is InChI=1S/C18H26N2O/c1-4-20(17-8-6-5-7-9-17)13-18-10-16(14-21-18)12-19-11-15(2)3/h5-10,14-15,19H,4,11-13H2,1-3H3. The fourth-order valence-corrected chi connectivity index (χ4v) is 2.32. The Hall–Kier alpha value is -1.74. The van der Waals surface area contributed by atoms with Crippen LogP contribution in [-0.4, -0.2) is 13.1 Å². The van der Waals surface area contributed by atoms with E-state index >= 15 is 0 Å². The fraction of sp³-hybridized carbons (Fsp3) is 0.444. The number of hydrogen-bond donors (Lipinski definition) is 1. The van der Waals surface area contributed by atoms with Crippen LogP contribution in [0.3, 0.4) is 0 Å². The van der Waals surface area contributed by atoms with Crippen LogP contribution in [0.1, 0.15) is 32.1 Å². The van der Waals surface area contributed by atoms with Crippen molar-refractivity contribution >= 4 is 5.69 Å². The predicted molar refractivity (Wildman–Crippen MR) is 88.4 cm³/mol. The third-order valence-corrected chi connectivity index (χ3v) is 3.44. The van der Waals surface area contributed by atoms with Crippen LogP contribution >= 0.6 is 0 Å². The van der Waals surface area contributed by atoms with Gasteiger partial charge in [-0.1, -0.05) is 32.0 Å². The van der Waals surface area contributed by atoms with Crippen LogP contribution in [0.2, 0.25) is 0 Å². The Morgan fingerprint density at radius 2 is 1.95 bits per heavy atom. The number of hydrogen-bond acceptors (Lipinski definition) is 3. The zero-order chi connectivity index (χ0) is 15.1. The minimum Gasteiger partial charge on any atom is -0.467 e. The summed E-state index contributed by atoms with van der Waals surface area (Å²) in [7, 11) is 0. The smallest absolute Gasteiger partial charge is 0.123 e. The highest BCUT2D eigenvalue weighted by molar-refractivity contribution is 5.46. The SMILES string of the molecule is CCN(Cc1cc(CNCC(C)C)co1)c1ccccc1. The molecule has 114 valence electrons. The monoisotopic (exact) mass is 286 g/mol. The third-order valence-electron chi connectivity index (χ3n) is 3.44. The molecule has 1 aromatic heterocycles. The summed E-state index contributed by atoms with van der Waals surface area (Å²) in [5, 5.41) is 3.44. The Labute approximate surface area is 128 Å². The van der Waals surface area contributed by atoms with E-state index in [4.69, 9.17) is 4.42 Å². The molecule has 0 fully saturated rings. The van der Waals surface area contributed by atoms with Gasteiger partial charge in [0.2, 0.25) is 0 Å². The zero-order valence-corrected chi connectivity index (χ0v) is 13.3. The quantitative estimate of drug-likeness (QED) is 0.793. The predicted octanol–water partition coefficient (Wildman–Crippen LogP) is 4.05. The number of rotatable bonds is 8. The van der Waals surface area contributed by atoms with Gasteiger partial charge in [0.15, 0.2) is 0 Å². The van der Waals surface area contributed by atoms with Crippen molar-refractivity contribution in [2.24, 2.45) is 5.92 Å². The summed E-state index contributed by atoms with van der Waals surface area (Å²) in [5.74, 6) is 1.69. The van der Waals surface area contributed by atoms with E-state index in [2.05, 4.69) is 61.3 Å². The second-order valence-corrected chi connectivity index (χ2v) is 5.80. The van der Waals surface area contributed by atoms with Crippen molar-refractivity contribution < 1.29 is 4.42 Å². The minimum absolute atomic E-state index is 0.671. The first-order valence-electron chi connectivity index (χ1n) is 7.76. The van der Waals surface area contributed by atoms with Gasteiger partial charge < -0.3 is 14.6 Å². The first kappa shape index (κ1) is 15.6. The molecule has 0 bridgehead atoms. The van der Waals surface area contributed by atoms with Gasteiger partial charge in [0.05, 0.1) is 12.8 Å². The topological polar surface area (TPSA) is 28.4 Å². The van der Waals surface area contributed by atoms with Gasteiger partial charge in [0, 0.05) is 24.3 Å². The van der Waals surface area contributed by atoms with Gasteiger partial charge in [0.1, 0.15) is 5.76 Å². The maximum Gasteiger partial charge on any atom is 0.123 e. The summed E-state index contributed by atoms with van der Waals surface area (Å²) in [6, 6.07) is 12.6. The average molecular weight is 286 g/mol. The van der Waals surface area contributed by atoms with E-state index in [0.29, 0.717) is 5.92 Å². The lowest BCUT2D eigenvalue weighted by Crippen LogP contribution is -2.21. The largest absolute Gasteiger partial charge is 0.467 e. The van der Waals surface area contributed by atoms with Crippen LogP contribution in [0.5, 0.6) is 0 Å². The maximum atomic E-state index is 5.69. The number of nitrogens with one attached hydrogen (secondary N) is 1. The van der Waals surface area contributed by atoms with Crippen LogP contribution in [-0.2, 0) is 13.1 Å². The Morgan fingerprint density at radius 1 is 1.19 bits per heavy atom. The molecular formula is C18H26N2O. The number of anilines is 1. The molecule has 2 rings (SSSR count). The molecule has 2 aromatic rings. The average Bonchev–Trinajstić information content (AvgIpc) is 2.93. The van der Waals surface area contributed by atoms with Crippen LogP contribution in [0, 0.1) is 5.92 Å². The van der Waals surface area contributed by atoms with Crippen molar-refractivity contribution in [3.63, 3.8) is 0 Å². The first-order valence-corrected chi connectivity index (χ1v) is 7.76. The molecule has 0 aliphatic rings. The normalized spacial score (nSPS) is 11.0. The van der Waals surface area contributed by atoms with Gasteiger partial charge >= 0.3 is 0 Å². The molecule has 0 saturated heterocycles. The highest BCUT2D eigenvalue weighted by Gasteiger charge is 2.08. The number of nitrogens with zero attached hydrogens (tertiary/aromatic N) is 1. The third kappa shape index (κ3) is 4.94. The highest BCUT2D eigenvalue weighted by Crippen LogP contribution is 2.17. The molecule has 0 aliphatic heterocycles. The van der Waals surface area contributed by atoms with Crippen molar-refractivity contribution in [1.29, 1.82) is 0 Å². The molecule has 3 heteroatoms. The second-order valence-electron chi connectivity index (χ2n) is 5.80. The molecule has 21 heavy (non-hydrogen) atoms. The van der Waals surface area contributed by atoms with Crippen LogP contribution in [0.4, 0.5) is 5.69 Å². The summed E-state index contributed by atoms with van der Waals surface area (Å²) in [5.41, 5.74) is 2.45. The van der Waals surface area contributed by atoms with E-state index < -0.39 is 0 Å². The molecule has 1 heterocycles. The molecule has 0 saturated carbocycles.